The Morgan fingerprint density at radius 2 is 2.00 bits per heavy atom. The van der Waals surface area contributed by atoms with E-state index in [2.05, 4.69) is 4.52 Å². The summed E-state index contributed by atoms with van der Waals surface area (Å²) in [4.78, 5) is 33.6. The van der Waals surface area contributed by atoms with Gasteiger partial charge in [-0.1, -0.05) is 23.7 Å². The van der Waals surface area contributed by atoms with Crippen LogP contribution in [0.4, 0.5) is 0 Å². The van der Waals surface area contributed by atoms with Gasteiger partial charge in [-0.15, -0.1) is 0 Å². The molecule has 3 aromatic rings. The van der Waals surface area contributed by atoms with Crippen molar-refractivity contribution >= 4 is 38.2 Å². The van der Waals surface area contributed by atoms with E-state index in [1.807, 2.05) is 4.90 Å². The summed E-state index contributed by atoms with van der Waals surface area (Å²) in [5, 5.41) is 20.1. The highest BCUT2D eigenvalue weighted by Gasteiger charge is 2.43. The topological polar surface area (TPSA) is 141 Å². The molecule has 33 heavy (non-hydrogen) atoms. The first-order chi connectivity index (χ1) is 15.4. The van der Waals surface area contributed by atoms with E-state index in [-0.39, 0.29) is 40.3 Å². The Hall–Kier alpha value is -2.33. The lowest BCUT2D eigenvalue weighted by molar-refractivity contribution is 0.0447. The zero-order valence-corrected chi connectivity index (χ0v) is 19.1. The second-order valence-electron chi connectivity index (χ2n) is 8.08. The van der Waals surface area contributed by atoms with Crippen molar-refractivity contribution in [3.05, 3.63) is 57.2 Å². The summed E-state index contributed by atoms with van der Waals surface area (Å²) in [6.07, 6.45) is -0.945. The number of nitrogens with zero attached hydrogens (tertiary/aromatic N) is 1. The average Bonchev–Trinajstić information content (AvgIpc) is 2.69. The molecule has 1 aliphatic heterocycles. The standard InChI is InChI=1S/C21H20BClNO8P/c1-24-7-6-21(22,17(27)10-24)19-14(26)9-16(32-33(28,29)30)18-13(25)8-15(31-20(18)19)11-4-2-3-5-12(11)23/h2-5,8-9,17,26-27H,6-7,10H2,1H3,(H2,28,29,30)/t17-,21-/m1/s1. The van der Waals surface area contributed by atoms with Crippen molar-refractivity contribution in [2.45, 2.75) is 17.8 Å². The molecule has 4 N–H and O–H groups in total. The fourth-order valence-electron chi connectivity index (χ4n) is 4.11. The quantitative estimate of drug-likeness (QED) is 0.320. The largest absolute Gasteiger partial charge is 0.524 e. The number of phenolic OH excluding ortho intramolecular Hbond substituents is 1. The first-order valence-corrected chi connectivity index (χ1v) is 11.8. The molecule has 2 radical (unpaired) electrons. The highest BCUT2D eigenvalue weighted by molar-refractivity contribution is 7.46. The predicted octanol–water partition coefficient (Wildman–Crippen LogP) is 2.35. The van der Waals surface area contributed by atoms with E-state index in [0.717, 1.165) is 12.1 Å². The van der Waals surface area contributed by atoms with Gasteiger partial charge >= 0.3 is 7.82 Å². The average molecular weight is 492 g/mol. The van der Waals surface area contributed by atoms with Crippen LogP contribution >= 0.6 is 19.4 Å². The lowest BCUT2D eigenvalue weighted by Crippen LogP contribution is -2.53. The van der Waals surface area contributed by atoms with Gasteiger partial charge in [-0.3, -0.25) is 14.6 Å². The normalized spacial score (nSPS) is 21.9. The van der Waals surface area contributed by atoms with Gasteiger partial charge in [0.15, 0.2) is 5.43 Å². The van der Waals surface area contributed by atoms with Crippen molar-refractivity contribution in [2.24, 2.45) is 0 Å². The van der Waals surface area contributed by atoms with Gasteiger partial charge < -0.3 is 24.1 Å². The number of phosphoric ester groups is 1. The van der Waals surface area contributed by atoms with E-state index in [9.17, 15) is 29.4 Å². The SMILES string of the molecule is [B][C@]1(c2c(O)cc(OP(=O)(O)O)c3c(=O)cc(-c4ccccc4Cl)oc23)CCN(C)C[C@H]1O. The van der Waals surface area contributed by atoms with Crippen LogP contribution in [0, 0.1) is 0 Å². The second-order valence-corrected chi connectivity index (χ2v) is 9.65. The van der Waals surface area contributed by atoms with Crippen LogP contribution in [0.5, 0.6) is 11.5 Å². The van der Waals surface area contributed by atoms with Gasteiger partial charge in [-0.05, 0) is 37.5 Å². The number of likely N-dealkylation sites (N-methyl/N-ethyl adjacent to an activating group) is 1. The molecule has 2 atom stereocenters. The number of rotatable bonds is 4. The van der Waals surface area contributed by atoms with Gasteiger partial charge in [0.2, 0.25) is 0 Å². The van der Waals surface area contributed by atoms with Crippen LogP contribution in [-0.2, 0) is 9.88 Å². The van der Waals surface area contributed by atoms with E-state index >= 15 is 0 Å². The van der Waals surface area contributed by atoms with E-state index in [4.69, 9.17) is 23.9 Å². The molecule has 1 aromatic heterocycles. The molecular weight excluding hydrogens is 471 g/mol. The van der Waals surface area contributed by atoms with Gasteiger partial charge in [-0.25, -0.2) is 4.57 Å². The number of aliphatic hydroxyl groups is 1. The van der Waals surface area contributed by atoms with Crippen LogP contribution in [0.15, 0.2) is 45.6 Å². The second kappa shape index (κ2) is 8.47. The molecule has 1 aliphatic rings. The Bertz CT molecular complexity index is 1340. The molecule has 0 spiro atoms. The first kappa shape index (κ1) is 23.8. The highest BCUT2D eigenvalue weighted by atomic mass is 35.5. The number of β-amino-alcohol motifs (C(OH)–C–C–N with tert-alkyl or cyclic N) is 1. The van der Waals surface area contributed by atoms with Crippen LogP contribution in [-0.4, -0.2) is 59.0 Å². The molecule has 4 rings (SSSR count). The van der Waals surface area contributed by atoms with Crippen molar-refractivity contribution in [1.29, 1.82) is 0 Å². The van der Waals surface area contributed by atoms with Gasteiger partial charge in [0.05, 0.1) is 19.0 Å². The smallest absolute Gasteiger partial charge is 0.507 e. The summed E-state index contributed by atoms with van der Waals surface area (Å²) in [6, 6.07) is 8.58. The fourth-order valence-corrected chi connectivity index (χ4v) is 4.74. The number of piperidine rings is 1. The fraction of sp³-hybridized carbons (Fsp3) is 0.286. The number of aliphatic hydroxyl groups excluding tert-OH is 1. The number of likely N-dealkylation sites (tertiary alicyclic amines) is 1. The van der Waals surface area contributed by atoms with Gasteiger partial charge in [0.25, 0.3) is 0 Å². The molecule has 2 heterocycles. The number of hydrogen-bond acceptors (Lipinski definition) is 7. The number of halogens is 1. The number of fused-ring (bicyclic) bond motifs is 1. The van der Waals surface area contributed by atoms with Gasteiger partial charge in [-0.2, -0.15) is 0 Å². The molecule has 12 heteroatoms. The van der Waals surface area contributed by atoms with Crippen LogP contribution in [0.3, 0.4) is 0 Å². The Labute approximate surface area is 194 Å². The first-order valence-electron chi connectivity index (χ1n) is 9.90. The van der Waals surface area contributed by atoms with Crippen molar-refractivity contribution in [3.8, 4) is 22.8 Å². The van der Waals surface area contributed by atoms with Gasteiger partial charge in [0, 0.05) is 29.8 Å². The maximum absolute atomic E-state index is 13.1. The molecule has 0 bridgehead atoms. The molecule has 0 aliphatic carbocycles. The lowest BCUT2D eigenvalue weighted by Gasteiger charge is -2.43. The number of hydrogen-bond donors (Lipinski definition) is 4. The van der Waals surface area contributed by atoms with Crippen LogP contribution < -0.4 is 9.95 Å². The number of aromatic hydroxyl groups is 1. The number of phenols is 1. The molecule has 0 amide bonds. The Balaban J connectivity index is 2.08. The summed E-state index contributed by atoms with van der Waals surface area (Å²) < 4.78 is 22.2. The summed E-state index contributed by atoms with van der Waals surface area (Å²) in [5.41, 5.74) is -0.657. The molecular formula is C21H20BClNO8P. The summed E-state index contributed by atoms with van der Waals surface area (Å²) >= 11 is 6.26. The third-order valence-electron chi connectivity index (χ3n) is 5.75. The van der Waals surface area contributed by atoms with Crippen LogP contribution in [0.25, 0.3) is 22.3 Å². The Morgan fingerprint density at radius 1 is 1.30 bits per heavy atom. The molecule has 9 nitrogen and oxygen atoms in total. The Kier molecular flexibility index (Phi) is 6.11. The maximum atomic E-state index is 13.1. The number of benzene rings is 2. The molecule has 0 unspecified atom stereocenters. The van der Waals surface area contributed by atoms with Gasteiger partial charge in [0.1, 0.15) is 28.2 Å². The van der Waals surface area contributed by atoms with Crippen molar-refractivity contribution in [2.75, 3.05) is 20.1 Å². The van der Waals surface area contributed by atoms with Crippen molar-refractivity contribution in [1.82, 2.24) is 4.90 Å². The monoisotopic (exact) mass is 491 g/mol. The predicted molar refractivity (Wildman–Crippen MR) is 123 cm³/mol. The Morgan fingerprint density at radius 3 is 2.64 bits per heavy atom. The van der Waals surface area contributed by atoms with Crippen LogP contribution in [0.2, 0.25) is 5.02 Å². The molecule has 1 fully saturated rings. The molecule has 2 aromatic carbocycles. The zero-order chi connectivity index (χ0) is 24.1. The lowest BCUT2D eigenvalue weighted by atomic mass is 9.56. The minimum atomic E-state index is -5.09. The van der Waals surface area contributed by atoms with E-state index in [0.29, 0.717) is 12.1 Å². The minimum Gasteiger partial charge on any atom is -0.507 e. The highest BCUT2D eigenvalue weighted by Crippen LogP contribution is 2.48. The molecule has 1 saturated heterocycles. The van der Waals surface area contributed by atoms with E-state index < -0.39 is 36.2 Å². The summed E-state index contributed by atoms with van der Waals surface area (Å²) in [5.74, 6) is -1.08. The summed E-state index contributed by atoms with van der Waals surface area (Å²) in [7, 11) is 3.28. The third kappa shape index (κ3) is 4.42. The molecule has 172 valence electrons. The summed E-state index contributed by atoms with van der Waals surface area (Å²) in [6.45, 7) is 0.663. The van der Waals surface area contributed by atoms with Crippen molar-refractivity contribution < 1.29 is 33.5 Å². The van der Waals surface area contributed by atoms with E-state index in [1.165, 1.54) is 0 Å². The minimum absolute atomic E-state index is 0.0399. The maximum Gasteiger partial charge on any atom is 0.524 e. The van der Waals surface area contributed by atoms with E-state index in [1.54, 1.807) is 31.3 Å². The zero-order valence-electron chi connectivity index (χ0n) is 17.4. The van der Waals surface area contributed by atoms with Crippen LogP contribution in [0.1, 0.15) is 12.0 Å². The number of phosphoric acid groups is 1. The third-order valence-corrected chi connectivity index (χ3v) is 6.52. The molecule has 0 saturated carbocycles. The van der Waals surface area contributed by atoms with Crippen molar-refractivity contribution in [3.63, 3.8) is 0 Å².